The van der Waals surface area contributed by atoms with Gasteiger partial charge in [-0.25, -0.2) is 8.42 Å². The molecule has 3 aromatic carbocycles. The molecule has 0 heterocycles. The van der Waals surface area contributed by atoms with Crippen molar-refractivity contribution in [3.05, 3.63) is 72.3 Å². The Labute approximate surface area is 193 Å². The summed E-state index contributed by atoms with van der Waals surface area (Å²) in [6.45, 7) is 1.42. The Morgan fingerprint density at radius 3 is 2.03 bits per heavy atom. The lowest BCUT2D eigenvalue weighted by molar-refractivity contribution is -0.114. The molecule has 0 spiro atoms. The molecule has 33 heavy (non-hydrogen) atoms. The summed E-state index contributed by atoms with van der Waals surface area (Å²) in [6, 6.07) is 17.8. The average Bonchev–Trinajstić information content (AvgIpc) is 2.83. The Morgan fingerprint density at radius 2 is 1.45 bits per heavy atom. The molecule has 0 aromatic heterocycles. The van der Waals surface area contributed by atoms with E-state index in [1.54, 1.807) is 54.6 Å². The van der Waals surface area contributed by atoms with Crippen LogP contribution in [0.25, 0.3) is 0 Å². The van der Waals surface area contributed by atoms with Crippen LogP contribution in [0.2, 0.25) is 0 Å². The molecule has 0 atom stereocenters. The molecular weight excluding hydrogens is 444 g/mol. The molecule has 3 aromatic rings. The van der Waals surface area contributed by atoms with Crippen LogP contribution in [0.3, 0.4) is 0 Å². The first-order chi connectivity index (χ1) is 15.8. The fourth-order valence-electron chi connectivity index (χ4n) is 3.12. The largest absolute Gasteiger partial charge is 0.497 e. The predicted molar refractivity (Wildman–Crippen MR) is 127 cm³/mol. The third kappa shape index (κ3) is 5.56. The Morgan fingerprint density at radius 1 is 0.848 bits per heavy atom. The predicted octanol–water partition coefficient (Wildman–Crippen LogP) is 3.85. The van der Waals surface area contributed by atoms with Crippen molar-refractivity contribution < 1.29 is 27.4 Å². The van der Waals surface area contributed by atoms with Crippen molar-refractivity contribution in [1.82, 2.24) is 0 Å². The molecule has 174 valence electrons. The number of nitrogens with one attached hydrogen (secondary N) is 1. The van der Waals surface area contributed by atoms with Gasteiger partial charge in [-0.15, -0.1) is 0 Å². The highest BCUT2D eigenvalue weighted by Gasteiger charge is 2.27. The minimum absolute atomic E-state index is 0.0822. The van der Waals surface area contributed by atoms with E-state index in [0.29, 0.717) is 28.6 Å². The van der Waals surface area contributed by atoms with Crippen LogP contribution >= 0.6 is 0 Å². The fourth-order valence-corrected chi connectivity index (χ4v) is 4.54. The summed E-state index contributed by atoms with van der Waals surface area (Å²) >= 11 is 0. The molecule has 8 nitrogen and oxygen atoms in total. The van der Waals surface area contributed by atoms with E-state index < -0.39 is 22.5 Å². The lowest BCUT2D eigenvalue weighted by Gasteiger charge is -2.24. The van der Waals surface area contributed by atoms with E-state index in [2.05, 4.69) is 5.32 Å². The van der Waals surface area contributed by atoms with Crippen molar-refractivity contribution >= 4 is 27.3 Å². The minimum atomic E-state index is -4.02. The van der Waals surface area contributed by atoms with Crippen LogP contribution < -0.4 is 23.8 Å². The molecule has 0 radical (unpaired) electrons. The summed E-state index contributed by atoms with van der Waals surface area (Å²) in [6.07, 6.45) is 0. The molecule has 0 aliphatic heterocycles. The van der Waals surface area contributed by atoms with Crippen LogP contribution in [-0.2, 0) is 14.8 Å². The van der Waals surface area contributed by atoms with Gasteiger partial charge in [-0.1, -0.05) is 17.7 Å². The highest BCUT2D eigenvalue weighted by Crippen LogP contribution is 2.30. The van der Waals surface area contributed by atoms with Gasteiger partial charge in [0.2, 0.25) is 5.91 Å². The fraction of sp³-hybridized carbons (Fsp3) is 0.208. The number of rotatable bonds is 9. The second-order valence-corrected chi connectivity index (χ2v) is 9.00. The van der Waals surface area contributed by atoms with E-state index in [1.807, 2.05) is 6.92 Å². The monoisotopic (exact) mass is 470 g/mol. The second kappa shape index (κ2) is 10.3. The van der Waals surface area contributed by atoms with Gasteiger partial charge in [-0.05, 0) is 55.5 Å². The normalized spacial score (nSPS) is 10.9. The van der Waals surface area contributed by atoms with Crippen LogP contribution in [0.15, 0.2) is 71.6 Å². The molecular formula is C24H26N2O6S. The third-order valence-electron chi connectivity index (χ3n) is 4.94. The van der Waals surface area contributed by atoms with E-state index in [1.165, 1.54) is 33.5 Å². The summed E-state index contributed by atoms with van der Waals surface area (Å²) in [4.78, 5) is 13.0. The van der Waals surface area contributed by atoms with E-state index in [-0.39, 0.29) is 4.90 Å². The molecule has 0 unspecified atom stereocenters. The number of carbonyl (C=O) groups is 1. The van der Waals surface area contributed by atoms with E-state index in [4.69, 9.17) is 14.2 Å². The van der Waals surface area contributed by atoms with E-state index in [0.717, 1.165) is 9.87 Å². The van der Waals surface area contributed by atoms with Crippen LogP contribution in [0.4, 0.5) is 11.4 Å². The summed E-state index contributed by atoms with van der Waals surface area (Å²) in [7, 11) is 0.487. The number of amides is 1. The van der Waals surface area contributed by atoms with Crippen molar-refractivity contribution in [1.29, 1.82) is 0 Å². The zero-order chi connectivity index (χ0) is 24.0. The Hall–Kier alpha value is -3.72. The van der Waals surface area contributed by atoms with Crippen LogP contribution in [-0.4, -0.2) is 42.2 Å². The van der Waals surface area contributed by atoms with Gasteiger partial charge < -0.3 is 19.5 Å². The first-order valence-corrected chi connectivity index (χ1v) is 11.5. The van der Waals surface area contributed by atoms with Crippen molar-refractivity contribution in [2.24, 2.45) is 0 Å². The maximum Gasteiger partial charge on any atom is 0.264 e. The van der Waals surface area contributed by atoms with Crippen molar-refractivity contribution in [2.45, 2.75) is 11.8 Å². The van der Waals surface area contributed by atoms with Crippen molar-refractivity contribution in [3.8, 4) is 17.2 Å². The van der Waals surface area contributed by atoms with Crippen LogP contribution in [0.5, 0.6) is 17.2 Å². The first-order valence-electron chi connectivity index (χ1n) is 10.0. The van der Waals surface area contributed by atoms with E-state index in [9.17, 15) is 13.2 Å². The smallest absolute Gasteiger partial charge is 0.264 e. The number of methoxy groups -OCH3 is 3. The van der Waals surface area contributed by atoms with Gasteiger partial charge in [0.25, 0.3) is 10.0 Å². The number of ether oxygens (including phenoxy) is 3. The van der Waals surface area contributed by atoms with Gasteiger partial charge in [-0.2, -0.15) is 0 Å². The molecule has 1 amide bonds. The average molecular weight is 471 g/mol. The Bertz CT molecular complexity index is 1210. The zero-order valence-electron chi connectivity index (χ0n) is 18.9. The molecule has 0 saturated heterocycles. The molecule has 1 N–H and O–H groups in total. The lowest BCUT2D eigenvalue weighted by Crippen LogP contribution is -2.38. The van der Waals surface area contributed by atoms with Gasteiger partial charge in [0.05, 0.1) is 37.6 Å². The lowest BCUT2D eigenvalue weighted by atomic mass is 10.2. The SMILES string of the molecule is COc1ccc(N(CC(=O)Nc2ccc(OC)cc2OC)S(=O)(=O)c2ccc(C)cc2)cc1. The van der Waals surface area contributed by atoms with Crippen LogP contribution in [0.1, 0.15) is 5.56 Å². The minimum Gasteiger partial charge on any atom is -0.497 e. The molecule has 3 rings (SSSR count). The number of benzene rings is 3. The molecule has 0 bridgehead atoms. The second-order valence-electron chi connectivity index (χ2n) is 7.14. The number of hydrogen-bond donors (Lipinski definition) is 1. The maximum absolute atomic E-state index is 13.5. The number of sulfonamides is 1. The third-order valence-corrected chi connectivity index (χ3v) is 6.73. The van der Waals surface area contributed by atoms with E-state index >= 15 is 0 Å². The molecule has 0 saturated carbocycles. The van der Waals surface area contributed by atoms with Gasteiger partial charge in [0.1, 0.15) is 23.8 Å². The van der Waals surface area contributed by atoms with Crippen LogP contribution in [0, 0.1) is 6.92 Å². The summed E-state index contributed by atoms with van der Waals surface area (Å²) < 4.78 is 43.6. The molecule has 0 fully saturated rings. The van der Waals surface area contributed by atoms with Gasteiger partial charge in [0.15, 0.2) is 0 Å². The molecule has 9 heteroatoms. The first kappa shape index (κ1) is 23.9. The van der Waals surface area contributed by atoms with Gasteiger partial charge in [0, 0.05) is 6.07 Å². The zero-order valence-corrected chi connectivity index (χ0v) is 19.7. The van der Waals surface area contributed by atoms with Crippen molar-refractivity contribution in [3.63, 3.8) is 0 Å². The maximum atomic E-state index is 13.5. The number of anilines is 2. The van der Waals surface area contributed by atoms with Gasteiger partial charge in [-0.3, -0.25) is 9.10 Å². The van der Waals surface area contributed by atoms with Gasteiger partial charge >= 0.3 is 0 Å². The molecule has 0 aliphatic carbocycles. The number of hydrogen-bond acceptors (Lipinski definition) is 6. The molecule has 0 aliphatic rings. The number of aryl methyl sites for hydroxylation is 1. The number of nitrogens with zero attached hydrogens (tertiary/aromatic N) is 1. The topological polar surface area (TPSA) is 94.2 Å². The summed E-state index contributed by atoms with van der Waals surface area (Å²) in [5.74, 6) is 0.982. The summed E-state index contributed by atoms with van der Waals surface area (Å²) in [5, 5.41) is 2.72. The summed E-state index contributed by atoms with van der Waals surface area (Å²) in [5.41, 5.74) is 1.65. The quantitative estimate of drug-likeness (QED) is 0.511. The number of carbonyl (C=O) groups excluding carboxylic acids is 1. The Balaban J connectivity index is 1.94. The highest BCUT2D eigenvalue weighted by atomic mass is 32.2. The standard InChI is InChI=1S/C24H26N2O6S/c1-17-5-12-21(13-6-17)33(28,29)26(18-7-9-19(30-2)10-8-18)16-24(27)25-22-14-11-20(31-3)15-23(22)32-4/h5-15H,16H2,1-4H3,(H,25,27). The van der Waals surface area contributed by atoms with Crippen molar-refractivity contribution in [2.75, 3.05) is 37.5 Å². The Kier molecular flexibility index (Phi) is 7.44. The highest BCUT2D eigenvalue weighted by molar-refractivity contribution is 7.92.